The minimum atomic E-state index is -1.10. The van der Waals surface area contributed by atoms with Crippen molar-refractivity contribution in [1.29, 1.82) is 0 Å². The number of carbonyl (C=O) groups is 1. The predicted octanol–water partition coefficient (Wildman–Crippen LogP) is 4.50. The van der Waals surface area contributed by atoms with Crippen LogP contribution < -0.4 is 5.32 Å². The van der Waals surface area contributed by atoms with Crippen LogP contribution in [0, 0.1) is 6.92 Å². The predicted molar refractivity (Wildman–Crippen MR) is 113 cm³/mol. The Bertz CT molecular complexity index is 1130. The Balaban J connectivity index is 1.76. The van der Waals surface area contributed by atoms with E-state index in [0.29, 0.717) is 16.5 Å². The Hall–Kier alpha value is -3.31. The van der Waals surface area contributed by atoms with Crippen LogP contribution in [0.25, 0.3) is 0 Å². The molecular weight excluding hydrogens is 386 g/mol. The number of nitrogens with zero attached hydrogens (tertiary/aromatic N) is 2. The van der Waals surface area contributed by atoms with Crippen LogP contribution in [-0.2, 0) is 15.4 Å². The van der Waals surface area contributed by atoms with Gasteiger partial charge in [0, 0.05) is 21.7 Å². The minimum absolute atomic E-state index is 0.0912. The molecule has 5 nitrogen and oxygen atoms in total. The van der Waals surface area contributed by atoms with E-state index in [1.807, 2.05) is 72.5 Å². The molecule has 144 valence electrons. The Labute approximate surface area is 173 Å². The summed E-state index contributed by atoms with van der Waals surface area (Å²) in [7, 11) is 0. The van der Waals surface area contributed by atoms with Gasteiger partial charge in [0.15, 0.2) is 5.84 Å². The number of fused-ring (bicyclic) bond motifs is 3. The lowest BCUT2D eigenvalue weighted by atomic mass is 9.91. The SMILES string of the molecule is Cc1ccc(C2=NOC3(c4ccccc4)c4cc(Cl)ccc4NC(=O)CN23)cc1. The molecular formula is C23H18ClN3O2. The quantitative estimate of drug-likeness (QED) is 0.685. The number of aryl methyl sites for hydroxylation is 1. The smallest absolute Gasteiger partial charge is 0.265 e. The van der Waals surface area contributed by atoms with Crippen molar-refractivity contribution in [2.75, 3.05) is 11.9 Å². The largest absolute Gasteiger partial charge is 0.355 e. The van der Waals surface area contributed by atoms with Gasteiger partial charge in [0.1, 0.15) is 6.54 Å². The summed E-state index contributed by atoms with van der Waals surface area (Å²) in [5.74, 6) is 0.466. The molecule has 3 aromatic rings. The monoisotopic (exact) mass is 403 g/mol. The summed E-state index contributed by atoms with van der Waals surface area (Å²) < 4.78 is 0. The summed E-state index contributed by atoms with van der Waals surface area (Å²) in [4.78, 5) is 20.9. The first kappa shape index (κ1) is 17.8. The second-order valence-electron chi connectivity index (χ2n) is 7.21. The average molecular weight is 404 g/mol. The van der Waals surface area contributed by atoms with E-state index in [1.165, 1.54) is 0 Å². The van der Waals surface area contributed by atoms with E-state index in [4.69, 9.17) is 16.4 Å². The van der Waals surface area contributed by atoms with Gasteiger partial charge in [-0.15, -0.1) is 0 Å². The van der Waals surface area contributed by atoms with Crippen molar-refractivity contribution < 1.29 is 9.63 Å². The van der Waals surface area contributed by atoms with Crippen LogP contribution in [0.15, 0.2) is 78.0 Å². The first-order valence-corrected chi connectivity index (χ1v) is 9.72. The van der Waals surface area contributed by atoms with E-state index in [1.54, 1.807) is 12.1 Å². The van der Waals surface area contributed by atoms with E-state index in [9.17, 15) is 4.79 Å². The fourth-order valence-corrected chi connectivity index (χ4v) is 4.09. The summed E-state index contributed by atoms with van der Waals surface area (Å²) in [5, 5.41) is 7.99. The van der Waals surface area contributed by atoms with Gasteiger partial charge in [-0.1, -0.05) is 76.9 Å². The van der Waals surface area contributed by atoms with Gasteiger partial charge in [0.05, 0.1) is 5.69 Å². The van der Waals surface area contributed by atoms with Gasteiger partial charge in [-0.25, -0.2) is 0 Å². The third kappa shape index (κ3) is 2.77. The van der Waals surface area contributed by atoms with Gasteiger partial charge in [-0.2, -0.15) is 0 Å². The van der Waals surface area contributed by atoms with Crippen LogP contribution in [-0.4, -0.2) is 23.2 Å². The van der Waals surface area contributed by atoms with Crippen LogP contribution in [0.1, 0.15) is 22.3 Å². The average Bonchev–Trinajstić information content (AvgIpc) is 3.04. The molecule has 0 spiro atoms. The number of hydrogen-bond acceptors (Lipinski definition) is 4. The number of hydrogen-bond donors (Lipinski definition) is 1. The summed E-state index contributed by atoms with van der Waals surface area (Å²) in [6.07, 6.45) is 0. The maximum Gasteiger partial charge on any atom is 0.265 e. The molecule has 2 aliphatic rings. The zero-order valence-electron chi connectivity index (χ0n) is 15.7. The highest BCUT2D eigenvalue weighted by Crippen LogP contribution is 2.47. The van der Waals surface area contributed by atoms with Crippen LogP contribution in [0.5, 0.6) is 0 Å². The molecule has 0 aromatic heterocycles. The molecule has 3 aromatic carbocycles. The molecule has 1 unspecified atom stereocenters. The molecule has 0 saturated carbocycles. The fourth-order valence-electron chi connectivity index (χ4n) is 3.92. The van der Waals surface area contributed by atoms with E-state index >= 15 is 0 Å². The van der Waals surface area contributed by atoms with Gasteiger partial charge < -0.3 is 10.2 Å². The molecule has 2 heterocycles. The number of oxime groups is 1. The van der Waals surface area contributed by atoms with Crippen molar-refractivity contribution in [3.63, 3.8) is 0 Å². The van der Waals surface area contributed by atoms with Crippen molar-refractivity contribution in [1.82, 2.24) is 4.90 Å². The number of halogens is 1. The topological polar surface area (TPSA) is 53.9 Å². The summed E-state index contributed by atoms with van der Waals surface area (Å²) in [5.41, 5.74) is 3.20. The lowest BCUT2D eigenvalue weighted by Gasteiger charge is -2.36. The second kappa shape index (κ2) is 6.64. The third-order valence-electron chi connectivity index (χ3n) is 5.30. The Morgan fingerprint density at radius 3 is 2.59 bits per heavy atom. The zero-order chi connectivity index (χ0) is 20.0. The number of amidine groups is 1. The van der Waals surface area contributed by atoms with Crippen molar-refractivity contribution in [2.24, 2.45) is 5.16 Å². The molecule has 0 fully saturated rings. The lowest BCUT2D eigenvalue weighted by Crippen LogP contribution is -2.48. The zero-order valence-corrected chi connectivity index (χ0v) is 16.5. The van der Waals surface area contributed by atoms with Crippen molar-refractivity contribution in [3.8, 4) is 0 Å². The number of amides is 1. The van der Waals surface area contributed by atoms with Crippen LogP contribution in [0.2, 0.25) is 5.02 Å². The molecule has 1 amide bonds. The highest BCUT2D eigenvalue weighted by atomic mass is 35.5. The van der Waals surface area contributed by atoms with E-state index in [0.717, 1.165) is 22.3 Å². The highest BCUT2D eigenvalue weighted by molar-refractivity contribution is 6.30. The molecule has 2 aliphatic heterocycles. The van der Waals surface area contributed by atoms with Crippen molar-refractivity contribution in [3.05, 3.63) is 100 Å². The normalized spacial score (nSPS) is 20.1. The van der Waals surface area contributed by atoms with Gasteiger partial charge in [-0.05, 0) is 25.1 Å². The third-order valence-corrected chi connectivity index (χ3v) is 5.53. The number of benzene rings is 3. The van der Waals surface area contributed by atoms with Gasteiger partial charge in [0.2, 0.25) is 5.91 Å². The minimum Gasteiger partial charge on any atom is -0.355 e. The molecule has 0 saturated heterocycles. The standard InChI is InChI=1S/C23H18ClN3O2/c1-15-7-9-16(10-8-15)22-26-29-23(17-5-3-2-4-6-17)19-13-18(24)11-12-20(19)25-21(28)14-27(22)23/h2-13H,14H2,1H3,(H,25,28). The second-order valence-corrected chi connectivity index (χ2v) is 7.64. The van der Waals surface area contributed by atoms with E-state index < -0.39 is 5.72 Å². The number of anilines is 1. The molecule has 5 rings (SSSR count). The Morgan fingerprint density at radius 1 is 1.07 bits per heavy atom. The van der Waals surface area contributed by atoms with Gasteiger partial charge >= 0.3 is 0 Å². The molecule has 29 heavy (non-hydrogen) atoms. The summed E-state index contributed by atoms with van der Waals surface area (Å²) >= 11 is 6.35. The molecule has 0 aliphatic carbocycles. The number of nitrogens with one attached hydrogen (secondary N) is 1. The van der Waals surface area contributed by atoms with Crippen molar-refractivity contribution >= 4 is 29.0 Å². The van der Waals surface area contributed by atoms with E-state index in [-0.39, 0.29) is 12.5 Å². The molecule has 0 radical (unpaired) electrons. The lowest BCUT2D eigenvalue weighted by molar-refractivity contribution is -0.121. The van der Waals surface area contributed by atoms with Crippen LogP contribution >= 0.6 is 11.6 Å². The van der Waals surface area contributed by atoms with Crippen LogP contribution in [0.3, 0.4) is 0 Å². The van der Waals surface area contributed by atoms with Crippen LogP contribution in [0.4, 0.5) is 5.69 Å². The Kier molecular flexibility index (Phi) is 4.07. The van der Waals surface area contributed by atoms with Gasteiger partial charge in [-0.3, -0.25) is 9.69 Å². The summed E-state index contributed by atoms with van der Waals surface area (Å²) in [6.45, 7) is 2.12. The maximum atomic E-state index is 12.8. The maximum absolute atomic E-state index is 12.8. The first-order valence-electron chi connectivity index (χ1n) is 9.34. The first-order chi connectivity index (χ1) is 14.1. The molecule has 0 bridgehead atoms. The Morgan fingerprint density at radius 2 is 1.83 bits per heavy atom. The molecule has 6 heteroatoms. The molecule has 1 N–H and O–H groups in total. The van der Waals surface area contributed by atoms with E-state index in [2.05, 4.69) is 10.5 Å². The van der Waals surface area contributed by atoms with Gasteiger partial charge in [0.25, 0.3) is 5.72 Å². The highest BCUT2D eigenvalue weighted by Gasteiger charge is 2.53. The fraction of sp³-hybridized carbons (Fsp3) is 0.130. The number of rotatable bonds is 2. The molecule has 1 atom stereocenters. The summed E-state index contributed by atoms with van der Waals surface area (Å²) in [6, 6.07) is 23.2. The number of carbonyl (C=O) groups excluding carboxylic acids is 1. The van der Waals surface area contributed by atoms with Crippen molar-refractivity contribution in [2.45, 2.75) is 12.6 Å².